The molecule has 5 rings (SSSR count). The highest BCUT2D eigenvalue weighted by Gasteiger charge is 2.59. The lowest BCUT2D eigenvalue weighted by atomic mass is 9.75. The topological polar surface area (TPSA) is 97.0 Å². The third kappa shape index (κ3) is 3.79. The molecule has 2 N–H and O–H groups in total. The predicted octanol–water partition coefficient (Wildman–Crippen LogP) is 2.48. The standard InChI is InChI=1S/C24H30N6O3S/c1-28-10-6-18(7-11-28)33-21-5-4-16(14-27-21)30-23(34)29(22(31)24(30)8-3-9-24)17-12-20(32-2)19(13-25)26-15-17/h4-5,12,14-15,18H,3,6-11,13,25H2,1-2H3. The summed E-state index contributed by atoms with van der Waals surface area (Å²) in [6.45, 7) is 2.30. The molecule has 0 radical (unpaired) electrons. The number of aromatic nitrogens is 2. The van der Waals surface area contributed by atoms with Gasteiger partial charge in [0.15, 0.2) is 5.11 Å². The first-order valence-corrected chi connectivity index (χ1v) is 12.1. The van der Waals surface area contributed by atoms with Crippen LogP contribution in [-0.2, 0) is 11.3 Å². The van der Waals surface area contributed by atoms with Gasteiger partial charge < -0.3 is 25.0 Å². The average molecular weight is 483 g/mol. The van der Waals surface area contributed by atoms with Crippen LogP contribution in [0.1, 0.15) is 37.8 Å². The fourth-order valence-electron chi connectivity index (χ4n) is 4.97. The van der Waals surface area contributed by atoms with Crippen molar-refractivity contribution in [3.05, 3.63) is 36.3 Å². The molecular weight excluding hydrogens is 452 g/mol. The maximum Gasteiger partial charge on any atom is 0.259 e. The van der Waals surface area contributed by atoms with Gasteiger partial charge in [0.25, 0.3) is 5.91 Å². The van der Waals surface area contributed by atoms with Crippen molar-refractivity contribution in [2.24, 2.45) is 5.73 Å². The van der Waals surface area contributed by atoms with Crippen LogP contribution in [0.15, 0.2) is 30.6 Å². The number of ether oxygens (including phenoxy) is 2. The quantitative estimate of drug-likeness (QED) is 0.623. The molecule has 4 heterocycles. The minimum absolute atomic E-state index is 0.0419. The SMILES string of the molecule is COc1cc(N2C(=O)C3(CCC3)N(c3ccc(OC4CCN(C)CC4)nc3)C2=S)cnc1CN. The number of amides is 1. The van der Waals surface area contributed by atoms with Crippen LogP contribution in [0.2, 0.25) is 0 Å². The van der Waals surface area contributed by atoms with Crippen molar-refractivity contribution in [2.45, 2.75) is 50.3 Å². The van der Waals surface area contributed by atoms with E-state index in [-0.39, 0.29) is 18.6 Å². The summed E-state index contributed by atoms with van der Waals surface area (Å²) in [6.07, 6.45) is 7.98. The summed E-state index contributed by atoms with van der Waals surface area (Å²) in [5.41, 5.74) is 7.06. The van der Waals surface area contributed by atoms with E-state index in [2.05, 4.69) is 21.9 Å². The molecule has 0 atom stereocenters. The van der Waals surface area contributed by atoms with Crippen LogP contribution >= 0.6 is 12.2 Å². The van der Waals surface area contributed by atoms with Gasteiger partial charge in [-0.15, -0.1) is 0 Å². The Hall–Kier alpha value is -2.82. The predicted molar refractivity (Wildman–Crippen MR) is 133 cm³/mol. The number of hydrogen-bond acceptors (Lipinski definition) is 8. The first kappa shape index (κ1) is 22.9. The van der Waals surface area contributed by atoms with E-state index in [0.717, 1.165) is 50.9 Å². The molecule has 3 aliphatic rings. The summed E-state index contributed by atoms with van der Waals surface area (Å²) in [7, 11) is 3.69. The summed E-state index contributed by atoms with van der Waals surface area (Å²) in [5.74, 6) is 1.09. The minimum atomic E-state index is -0.686. The first-order chi connectivity index (χ1) is 16.5. The van der Waals surface area contributed by atoms with Gasteiger partial charge in [0.1, 0.15) is 17.4 Å². The summed E-state index contributed by atoms with van der Waals surface area (Å²) in [4.78, 5) is 28.4. The molecule has 0 aromatic carbocycles. The van der Waals surface area contributed by atoms with E-state index in [4.69, 9.17) is 27.4 Å². The zero-order valence-corrected chi connectivity index (χ0v) is 20.4. The highest BCUT2D eigenvalue weighted by molar-refractivity contribution is 7.81. The lowest BCUT2D eigenvalue weighted by Crippen LogP contribution is -2.55. The molecule has 2 aliphatic heterocycles. The summed E-state index contributed by atoms with van der Waals surface area (Å²) in [6, 6.07) is 5.58. The average Bonchev–Trinajstić information content (AvgIpc) is 3.07. The Kier molecular flexibility index (Phi) is 6.13. The van der Waals surface area contributed by atoms with Gasteiger partial charge in [0.05, 0.1) is 36.6 Å². The van der Waals surface area contributed by atoms with Crippen molar-refractivity contribution in [2.75, 3.05) is 37.0 Å². The number of piperidine rings is 1. The molecule has 10 heteroatoms. The van der Waals surface area contributed by atoms with Crippen LogP contribution in [0.3, 0.4) is 0 Å². The number of anilines is 2. The Labute approximate surface area is 204 Å². The Bertz CT molecular complexity index is 1080. The van der Waals surface area contributed by atoms with Gasteiger partial charge in [0.2, 0.25) is 5.88 Å². The maximum absolute atomic E-state index is 13.7. The second kappa shape index (κ2) is 9.09. The molecule has 3 fully saturated rings. The highest BCUT2D eigenvalue weighted by Crippen LogP contribution is 2.48. The van der Waals surface area contributed by atoms with Crippen LogP contribution in [-0.4, -0.2) is 64.8 Å². The van der Waals surface area contributed by atoms with Crippen molar-refractivity contribution in [3.8, 4) is 11.6 Å². The first-order valence-electron chi connectivity index (χ1n) is 11.7. The van der Waals surface area contributed by atoms with E-state index in [9.17, 15) is 4.79 Å². The van der Waals surface area contributed by atoms with Crippen LogP contribution in [0.25, 0.3) is 0 Å². The molecule has 0 unspecified atom stereocenters. The van der Waals surface area contributed by atoms with Crippen LogP contribution < -0.4 is 25.0 Å². The lowest BCUT2D eigenvalue weighted by molar-refractivity contribution is -0.123. The molecule has 2 aromatic heterocycles. The molecule has 1 spiro atoms. The van der Waals surface area contributed by atoms with Gasteiger partial charge in [-0.05, 0) is 57.4 Å². The number of nitrogens with two attached hydrogens (primary N) is 1. The van der Waals surface area contributed by atoms with Gasteiger partial charge in [-0.25, -0.2) is 4.98 Å². The molecule has 34 heavy (non-hydrogen) atoms. The Balaban J connectivity index is 1.40. The van der Waals surface area contributed by atoms with Crippen LogP contribution in [0.5, 0.6) is 11.6 Å². The van der Waals surface area contributed by atoms with Crippen molar-refractivity contribution in [3.63, 3.8) is 0 Å². The van der Waals surface area contributed by atoms with Gasteiger partial charge in [0, 0.05) is 31.8 Å². The molecule has 0 bridgehead atoms. The highest BCUT2D eigenvalue weighted by atomic mass is 32.1. The van der Waals surface area contributed by atoms with E-state index in [0.29, 0.717) is 28.1 Å². The molecule has 1 amide bonds. The molecule has 1 aliphatic carbocycles. The monoisotopic (exact) mass is 482 g/mol. The molecule has 180 valence electrons. The zero-order valence-electron chi connectivity index (χ0n) is 19.6. The molecule has 9 nitrogen and oxygen atoms in total. The maximum atomic E-state index is 13.7. The number of nitrogens with zero attached hydrogens (tertiary/aromatic N) is 5. The number of pyridine rings is 2. The van der Waals surface area contributed by atoms with Gasteiger partial charge in [-0.1, -0.05) is 0 Å². The van der Waals surface area contributed by atoms with E-state index in [1.165, 1.54) is 0 Å². The Morgan fingerprint density at radius 2 is 1.91 bits per heavy atom. The number of thiocarbonyl (C=S) groups is 1. The third-order valence-corrected chi connectivity index (χ3v) is 7.48. The van der Waals surface area contributed by atoms with E-state index < -0.39 is 5.54 Å². The van der Waals surface area contributed by atoms with E-state index in [1.54, 1.807) is 30.5 Å². The van der Waals surface area contributed by atoms with E-state index in [1.807, 2.05) is 17.0 Å². The number of carbonyl (C=O) groups is 1. The Morgan fingerprint density at radius 1 is 1.18 bits per heavy atom. The second-order valence-corrected chi connectivity index (χ2v) is 9.53. The number of likely N-dealkylation sites (tertiary alicyclic amines) is 1. The molecular formula is C24H30N6O3S. The molecule has 2 aromatic rings. The summed E-state index contributed by atoms with van der Waals surface area (Å²) < 4.78 is 11.5. The van der Waals surface area contributed by atoms with Gasteiger partial charge in [-0.2, -0.15) is 0 Å². The second-order valence-electron chi connectivity index (χ2n) is 9.17. The van der Waals surface area contributed by atoms with Crippen LogP contribution in [0, 0.1) is 0 Å². The molecule has 2 saturated heterocycles. The number of carbonyl (C=O) groups excluding carboxylic acids is 1. The van der Waals surface area contributed by atoms with E-state index >= 15 is 0 Å². The number of methoxy groups -OCH3 is 1. The largest absolute Gasteiger partial charge is 0.495 e. The van der Waals surface area contributed by atoms with Crippen molar-refractivity contribution in [1.82, 2.24) is 14.9 Å². The fourth-order valence-corrected chi connectivity index (χ4v) is 5.44. The zero-order chi connectivity index (χ0) is 23.9. The molecule has 1 saturated carbocycles. The van der Waals surface area contributed by atoms with Gasteiger partial charge in [-0.3, -0.25) is 14.7 Å². The van der Waals surface area contributed by atoms with Crippen molar-refractivity contribution in [1.29, 1.82) is 0 Å². The number of hydrogen-bond donors (Lipinski definition) is 1. The smallest absolute Gasteiger partial charge is 0.259 e. The van der Waals surface area contributed by atoms with Crippen molar-refractivity contribution >= 4 is 34.6 Å². The minimum Gasteiger partial charge on any atom is -0.495 e. The Morgan fingerprint density at radius 3 is 2.50 bits per heavy atom. The van der Waals surface area contributed by atoms with Crippen LogP contribution in [0.4, 0.5) is 11.4 Å². The van der Waals surface area contributed by atoms with Gasteiger partial charge >= 0.3 is 0 Å². The van der Waals surface area contributed by atoms with Crippen molar-refractivity contribution < 1.29 is 14.3 Å². The normalized spacial score (nSPS) is 20.7. The third-order valence-electron chi connectivity index (χ3n) is 7.11. The summed E-state index contributed by atoms with van der Waals surface area (Å²) >= 11 is 5.84. The number of rotatable bonds is 6. The fraction of sp³-hybridized carbons (Fsp3) is 0.500. The lowest BCUT2D eigenvalue weighted by Gasteiger charge is -2.42. The summed E-state index contributed by atoms with van der Waals surface area (Å²) in [5, 5.41) is 0.417.